The van der Waals surface area contributed by atoms with Crippen LogP contribution in [0.5, 0.6) is 11.5 Å². The molecule has 0 saturated carbocycles. The summed E-state index contributed by atoms with van der Waals surface area (Å²) in [4.78, 5) is 4.18. The molecule has 0 aliphatic carbocycles. The molecule has 2 heterocycles. The number of nitrogens with zero attached hydrogens (tertiary/aromatic N) is 3. The van der Waals surface area contributed by atoms with Crippen LogP contribution in [0.1, 0.15) is 25.0 Å². The molecule has 1 aliphatic heterocycles. The fraction of sp³-hybridized carbons (Fsp3) is 0.393. The van der Waals surface area contributed by atoms with Gasteiger partial charge >= 0.3 is 0 Å². The third-order valence-corrected chi connectivity index (χ3v) is 6.13. The van der Waals surface area contributed by atoms with Crippen LogP contribution in [0.15, 0.2) is 47.0 Å². The van der Waals surface area contributed by atoms with Crippen molar-refractivity contribution in [3.8, 4) is 35.1 Å². The van der Waals surface area contributed by atoms with Crippen LogP contribution in [0.4, 0.5) is 10.3 Å². The van der Waals surface area contributed by atoms with Gasteiger partial charge in [-0.1, -0.05) is 17.1 Å². The average Bonchev–Trinajstić information content (AvgIpc) is 3.53. The van der Waals surface area contributed by atoms with Crippen LogP contribution in [-0.2, 0) is 17.8 Å². The summed E-state index contributed by atoms with van der Waals surface area (Å²) >= 11 is 0. The molecule has 1 aromatic heterocycles. The number of halogens is 1. The van der Waals surface area contributed by atoms with E-state index >= 15 is 0 Å². The summed E-state index contributed by atoms with van der Waals surface area (Å²) in [6, 6.07) is 12.0. The van der Waals surface area contributed by atoms with Gasteiger partial charge in [-0.3, -0.25) is 4.90 Å². The topological polar surface area (TPSA) is 80.4 Å². The van der Waals surface area contributed by atoms with Crippen LogP contribution in [0.25, 0.3) is 11.3 Å². The number of hydrogen-bond donors (Lipinski definition) is 1. The van der Waals surface area contributed by atoms with Gasteiger partial charge in [0.1, 0.15) is 18.1 Å². The van der Waals surface area contributed by atoms with Gasteiger partial charge < -0.3 is 28.7 Å². The molecule has 1 atom stereocenters. The van der Waals surface area contributed by atoms with Crippen LogP contribution in [0, 0.1) is 18.2 Å². The van der Waals surface area contributed by atoms with E-state index in [4.69, 9.17) is 25.2 Å². The van der Waals surface area contributed by atoms with Crippen LogP contribution >= 0.6 is 0 Å². The first-order valence-electron chi connectivity index (χ1n) is 12.3. The molecule has 2 aromatic carbocycles. The molecule has 0 spiro atoms. The standard InChI is InChI=1S/C28H32FN3O5/c1-4-13-34-18-23(33)16-31(15-20-7-12-25-26(14-20)36-19-35-25)17-24-27(21-8-10-22(29)11-9-21)30-37-28(24)32(5-2)6-3/h1,7-12,14,23,33H,5-6,13,15-19H2,2-3H3/t23-/m0/s1. The first-order valence-corrected chi connectivity index (χ1v) is 12.3. The SMILES string of the molecule is C#CCOC[C@@H](O)CN(Cc1ccc2c(c1)OCO2)Cc1c(-c2ccc(F)cc2)noc1N(CC)CC. The molecule has 0 amide bonds. The number of anilines is 1. The zero-order valence-electron chi connectivity index (χ0n) is 21.2. The summed E-state index contributed by atoms with van der Waals surface area (Å²) in [5.41, 5.74) is 3.23. The summed E-state index contributed by atoms with van der Waals surface area (Å²) in [5.74, 6) is 4.14. The van der Waals surface area contributed by atoms with Gasteiger partial charge in [-0.05, 0) is 55.8 Å². The van der Waals surface area contributed by atoms with Gasteiger partial charge in [0.2, 0.25) is 12.7 Å². The fourth-order valence-electron chi connectivity index (χ4n) is 4.35. The second-order valence-electron chi connectivity index (χ2n) is 8.72. The summed E-state index contributed by atoms with van der Waals surface area (Å²) < 4.78 is 35.8. The van der Waals surface area contributed by atoms with Crippen molar-refractivity contribution in [1.29, 1.82) is 0 Å². The Morgan fingerprint density at radius 3 is 2.59 bits per heavy atom. The second kappa shape index (κ2) is 12.6. The van der Waals surface area contributed by atoms with E-state index < -0.39 is 6.10 Å². The molecule has 9 heteroatoms. The van der Waals surface area contributed by atoms with Crippen molar-refractivity contribution < 1.29 is 28.2 Å². The zero-order chi connectivity index (χ0) is 26.2. The van der Waals surface area contributed by atoms with Crippen molar-refractivity contribution >= 4 is 5.88 Å². The summed E-state index contributed by atoms with van der Waals surface area (Å²) in [7, 11) is 0. The minimum Gasteiger partial charge on any atom is -0.454 e. The smallest absolute Gasteiger partial charge is 0.232 e. The normalized spacial score (nSPS) is 13.1. The minimum atomic E-state index is -0.770. The Labute approximate surface area is 216 Å². The lowest BCUT2D eigenvalue weighted by atomic mass is 10.1. The Morgan fingerprint density at radius 1 is 1.11 bits per heavy atom. The maximum absolute atomic E-state index is 13.6. The number of aromatic nitrogens is 1. The molecule has 196 valence electrons. The molecule has 8 nitrogen and oxygen atoms in total. The number of benzene rings is 2. The predicted octanol–water partition coefficient (Wildman–Crippen LogP) is 4.07. The van der Waals surface area contributed by atoms with Gasteiger partial charge in [-0.15, -0.1) is 6.42 Å². The molecule has 0 radical (unpaired) electrons. The van der Waals surface area contributed by atoms with Crippen molar-refractivity contribution in [2.75, 3.05) is 44.5 Å². The van der Waals surface area contributed by atoms with Crippen molar-refractivity contribution in [2.24, 2.45) is 0 Å². The number of aliphatic hydroxyl groups is 1. The van der Waals surface area contributed by atoms with Crippen LogP contribution < -0.4 is 14.4 Å². The number of terminal acetylenes is 1. The monoisotopic (exact) mass is 509 g/mol. The first-order chi connectivity index (χ1) is 18.0. The molecule has 0 bridgehead atoms. The molecular formula is C28H32FN3O5. The largest absolute Gasteiger partial charge is 0.454 e. The van der Waals surface area contributed by atoms with Crippen molar-refractivity contribution in [2.45, 2.75) is 33.0 Å². The molecule has 3 aromatic rings. The van der Waals surface area contributed by atoms with E-state index in [0.717, 1.165) is 29.8 Å². The molecule has 0 saturated heterocycles. The molecule has 37 heavy (non-hydrogen) atoms. The summed E-state index contributed by atoms with van der Waals surface area (Å²) in [5, 5.41) is 15.1. The van der Waals surface area contributed by atoms with Gasteiger partial charge in [-0.2, -0.15) is 0 Å². The Morgan fingerprint density at radius 2 is 1.86 bits per heavy atom. The summed E-state index contributed by atoms with van der Waals surface area (Å²) in [6.45, 7) is 7.22. The van der Waals surface area contributed by atoms with Crippen molar-refractivity contribution in [3.63, 3.8) is 0 Å². The van der Waals surface area contributed by atoms with E-state index in [-0.39, 0.29) is 25.8 Å². The van der Waals surface area contributed by atoms with Gasteiger partial charge in [0.05, 0.1) is 18.3 Å². The minimum absolute atomic E-state index is 0.110. The maximum atomic E-state index is 13.6. The molecule has 1 aliphatic rings. The van der Waals surface area contributed by atoms with Crippen LogP contribution in [0.2, 0.25) is 0 Å². The Balaban J connectivity index is 1.66. The third kappa shape index (κ3) is 6.60. The lowest BCUT2D eigenvalue weighted by Crippen LogP contribution is -2.35. The van der Waals surface area contributed by atoms with Crippen molar-refractivity contribution in [1.82, 2.24) is 10.1 Å². The number of ether oxygens (including phenoxy) is 3. The predicted molar refractivity (Wildman–Crippen MR) is 138 cm³/mol. The molecular weight excluding hydrogens is 477 g/mol. The number of aliphatic hydroxyl groups excluding tert-OH is 1. The highest BCUT2D eigenvalue weighted by Gasteiger charge is 2.25. The maximum Gasteiger partial charge on any atom is 0.232 e. The average molecular weight is 510 g/mol. The zero-order valence-corrected chi connectivity index (χ0v) is 21.2. The summed E-state index contributed by atoms with van der Waals surface area (Å²) in [6.07, 6.45) is 4.50. The van der Waals surface area contributed by atoms with E-state index in [1.54, 1.807) is 12.1 Å². The number of fused-ring (bicyclic) bond motifs is 1. The van der Waals surface area contributed by atoms with E-state index in [1.807, 2.05) is 32.0 Å². The molecule has 4 rings (SSSR count). The lowest BCUT2D eigenvalue weighted by molar-refractivity contribution is 0.0243. The van der Waals surface area contributed by atoms with Gasteiger partial charge in [0.15, 0.2) is 11.5 Å². The Bertz CT molecular complexity index is 1200. The first kappa shape index (κ1) is 26.5. The second-order valence-corrected chi connectivity index (χ2v) is 8.72. The van der Waals surface area contributed by atoms with E-state index in [9.17, 15) is 9.50 Å². The fourth-order valence-corrected chi connectivity index (χ4v) is 4.35. The van der Waals surface area contributed by atoms with Gasteiger partial charge in [0, 0.05) is 38.3 Å². The Hall–Kier alpha value is -3.58. The lowest BCUT2D eigenvalue weighted by Gasteiger charge is -2.27. The van der Waals surface area contributed by atoms with Gasteiger partial charge in [0.25, 0.3) is 0 Å². The van der Waals surface area contributed by atoms with Crippen LogP contribution in [0.3, 0.4) is 0 Å². The highest BCUT2D eigenvalue weighted by Crippen LogP contribution is 2.35. The number of hydrogen-bond acceptors (Lipinski definition) is 8. The Kier molecular flexibility index (Phi) is 9.01. The van der Waals surface area contributed by atoms with E-state index in [0.29, 0.717) is 42.7 Å². The van der Waals surface area contributed by atoms with E-state index in [1.165, 1.54) is 12.1 Å². The number of rotatable bonds is 13. The highest BCUT2D eigenvalue weighted by atomic mass is 19.1. The third-order valence-electron chi connectivity index (χ3n) is 6.13. The molecule has 1 N–H and O–H groups in total. The quantitative estimate of drug-likeness (QED) is 0.273. The van der Waals surface area contributed by atoms with E-state index in [2.05, 4.69) is 20.9 Å². The van der Waals surface area contributed by atoms with Crippen molar-refractivity contribution in [3.05, 3.63) is 59.4 Å². The van der Waals surface area contributed by atoms with Crippen LogP contribution in [-0.4, -0.2) is 60.9 Å². The highest BCUT2D eigenvalue weighted by molar-refractivity contribution is 5.68. The molecule has 0 unspecified atom stereocenters. The van der Waals surface area contributed by atoms with Gasteiger partial charge in [-0.25, -0.2) is 4.39 Å². The molecule has 0 fully saturated rings.